The third-order valence-electron chi connectivity index (χ3n) is 2.13. The van der Waals surface area contributed by atoms with Gasteiger partial charge in [0.05, 0.1) is 17.1 Å². The van der Waals surface area contributed by atoms with E-state index in [9.17, 15) is 9.18 Å². The Morgan fingerprint density at radius 3 is 2.76 bits per heavy atom. The molecule has 1 aromatic carbocycles. The van der Waals surface area contributed by atoms with E-state index in [-0.39, 0.29) is 0 Å². The number of fused-ring (bicyclic) bond motifs is 1. The van der Waals surface area contributed by atoms with E-state index < -0.39 is 17.5 Å². The molecule has 0 aliphatic carbocycles. The topological polar surface area (TPSA) is 44.1 Å². The maximum Gasteiger partial charge on any atom is 0.435 e. The number of carbonyl (C=O) groups is 1. The number of benzene rings is 1. The Bertz CT molecular complexity index is 569. The molecule has 0 saturated heterocycles. The molecule has 90 valence electrons. The summed E-state index contributed by atoms with van der Waals surface area (Å²) in [5, 5.41) is 4.15. The second-order valence-electron chi connectivity index (χ2n) is 4.71. The van der Waals surface area contributed by atoms with Crippen LogP contribution < -0.4 is 0 Å². The van der Waals surface area contributed by atoms with Crippen LogP contribution in [0.15, 0.2) is 24.4 Å². The first-order valence-electron chi connectivity index (χ1n) is 5.24. The Kier molecular flexibility index (Phi) is 2.61. The van der Waals surface area contributed by atoms with E-state index in [4.69, 9.17) is 4.74 Å². The number of halogens is 1. The van der Waals surface area contributed by atoms with Crippen LogP contribution in [0.1, 0.15) is 20.8 Å². The molecule has 0 N–H and O–H groups in total. The Balaban J connectivity index is 2.43. The van der Waals surface area contributed by atoms with Gasteiger partial charge in [-0.25, -0.2) is 9.18 Å². The molecule has 4 nitrogen and oxygen atoms in total. The van der Waals surface area contributed by atoms with Crippen LogP contribution >= 0.6 is 0 Å². The highest BCUT2D eigenvalue weighted by Gasteiger charge is 2.20. The minimum atomic E-state index is -0.613. The Hall–Kier alpha value is -1.91. The summed E-state index contributed by atoms with van der Waals surface area (Å²) in [6, 6.07) is 4.47. The molecule has 0 fully saturated rings. The van der Waals surface area contributed by atoms with Gasteiger partial charge < -0.3 is 4.74 Å². The fourth-order valence-electron chi connectivity index (χ4n) is 1.47. The van der Waals surface area contributed by atoms with Crippen molar-refractivity contribution in [2.75, 3.05) is 0 Å². The highest BCUT2D eigenvalue weighted by atomic mass is 19.1. The Labute approximate surface area is 98.0 Å². The molecular weight excluding hydrogens is 223 g/mol. The molecule has 2 aromatic rings. The van der Waals surface area contributed by atoms with Crippen molar-refractivity contribution in [2.45, 2.75) is 26.4 Å². The van der Waals surface area contributed by atoms with Gasteiger partial charge in [0.1, 0.15) is 11.4 Å². The molecule has 0 unspecified atom stereocenters. The van der Waals surface area contributed by atoms with Crippen LogP contribution in [0, 0.1) is 5.82 Å². The zero-order valence-electron chi connectivity index (χ0n) is 9.90. The number of rotatable bonds is 0. The van der Waals surface area contributed by atoms with Crippen LogP contribution in [0.5, 0.6) is 0 Å². The lowest BCUT2D eigenvalue weighted by Crippen LogP contribution is -2.27. The van der Waals surface area contributed by atoms with Crippen molar-refractivity contribution in [3.8, 4) is 0 Å². The smallest absolute Gasteiger partial charge is 0.435 e. The van der Waals surface area contributed by atoms with Gasteiger partial charge in [-0.15, -0.1) is 0 Å². The van der Waals surface area contributed by atoms with Gasteiger partial charge in [-0.3, -0.25) is 0 Å². The van der Waals surface area contributed by atoms with E-state index in [0.29, 0.717) is 10.9 Å². The Morgan fingerprint density at radius 1 is 1.41 bits per heavy atom. The number of hydrogen-bond donors (Lipinski definition) is 0. The standard InChI is InChI=1S/C12H13FN2O2/c1-12(2,3)17-11(16)15-10-6-4-5-9(13)8(10)7-14-15/h4-7H,1-3H3. The monoisotopic (exact) mass is 236 g/mol. The summed E-state index contributed by atoms with van der Waals surface area (Å²) >= 11 is 0. The molecule has 17 heavy (non-hydrogen) atoms. The SMILES string of the molecule is CC(C)(C)OC(=O)n1ncc2c(F)cccc21. The van der Waals surface area contributed by atoms with E-state index in [1.165, 1.54) is 18.3 Å². The molecule has 0 saturated carbocycles. The number of nitrogens with zero attached hydrogens (tertiary/aromatic N) is 2. The summed E-state index contributed by atoms with van der Waals surface area (Å²) in [4.78, 5) is 11.8. The summed E-state index contributed by atoms with van der Waals surface area (Å²) < 4.78 is 19.6. The second kappa shape index (κ2) is 3.84. The zero-order chi connectivity index (χ0) is 12.6. The third-order valence-corrected chi connectivity index (χ3v) is 2.13. The lowest BCUT2D eigenvalue weighted by molar-refractivity contribution is 0.0523. The minimum Gasteiger partial charge on any atom is -0.442 e. The molecule has 0 radical (unpaired) electrons. The highest BCUT2D eigenvalue weighted by molar-refractivity contribution is 5.87. The highest BCUT2D eigenvalue weighted by Crippen LogP contribution is 2.18. The molecule has 2 rings (SSSR count). The maximum absolute atomic E-state index is 13.4. The summed E-state index contributed by atoms with van der Waals surface area (Å²) in [7, 11) is 0. The molecule has 1 aromatic heterocycles. The molecule has 1 heterocycles. The van der Waals surface area contributed by atoms with Gasteiger partial charge in [0, 0.05) is 0 Å². The van der Waals surface area contributed by atoms with E-state index in [0.717, 1.165) is 4.68 Å². The van der Waals surface area contributed by atoms with Crippen molar-refractivity contribution in [1.82, 2.24) is 9.78 Å². The summed E-state index contributed by atoms with van der Waals surface area (Å²) in [6.45, 7) is 5.28. The first kappa shape index (κ1) is 11.6. The predicted octanol–water partition coefficient (Wildman–Crippen LogP) is 2.96. The van der Waals surface area contributed by atoms with Gasteiger partial charge in [0.2, 0.25) is 0 Å². The molecule has 5 heteroatoms. The normalized spacial score (nSPS) is 11.8. The number of aromatic nitrogens is 2. The van der Waals surface area contributed by atoms with E-state index >= 15 is 0 Å². The summed E-state index contributed by atoms with van der Waals surface area (Å²) in [6.07, 6.45) is 0.701. The van der Waals surface area contributed by atoms with Crippen LogP contribution in [0.3, 0.4) is 0 Å². The third kappa shape index (κ3) is 2.27. The molecule has 0 spiro atoms. The van der Waals surface area contributed by atoms with Crippen LogP contribution in [0.4, 0.5) is 9.18 Å². The number of ether oxygens (including phenoxy) is 1. The van der Waals surface area contributed by atoms with Gasteiger partial charge in [-0.2, -0.15) is 9.78 Å². The number of hydrogen-bond acceptors (Lipinski definition) is 3. The fraction of sp³-hybridized carbons (Fsp3) is 0.333. The maximum atomic E-state index is 13.4. The van der Waals surface area contributed by atoms with Crippen LogP contribution in [0.25, 0.3) is 10.9 Å². The lowest BCUT2D eigenvalue weighted by Gasteiger charge is -2.19. The second-order valence-corrected chi connectivity index (χ2v) is 4.71. The van der Waals surface area contributed by atoms with Gasteiger partial charge in [-0.1, -0.05) is 6.07 Å². The van der Waals surface area contributed by atoms with Crippen molar-refractivity contribution in [1.29, 1.82) is 0 Å². The predicted molar refractivity (Wildman–Crippen MR) is 61.3 cm³/mol. The molecular formula is C12H13FN2O2. The van der Waals surface area contributed by atoms with Crippen LogP contribution in [-0.2, 0) is 4.74 Å². The van der Waals surface area contributed by atoms with Gasteiger partial charge in [-0.05, 0) is 32.9 Å². The molecule has 0 amide bonds. The van der Waals surface area contributed by atoms with E-state index in [1.807, 2.05) is 0 Å². The largest absolute Gasteiger partial charge is 0.442 e. The van der Waals surface area contributed by atoms with Crippen LogP contribution in [-0.4, -0.2) is 21.5 Å². The van der Waals surface area contributed by atoms with Gasteiger partial charge in [0.15, 0.2) is 0 Å². The van der Waals surface area contributed by atoms with Crippen molar-refractivity contribution >= 4 is 17.0 Å². The van der Waals surface area contributed by atoms with Gasteiger partial charge >= 0.3 is 6.09 Å². The summed E-state index contributed by atoms with van der Waals surface area (Å²) in [5.41, 5.74) is -0.206. The lowest BCUT2D eigenvalue weighted by atomic mass is 10.2. The zero-order valence-corrected chi connectivity index (χ0v) is 9.90. The molecule has 0 aliphatic heterocycles. The van der Waals surface area contributed by atoms with Crippen molar-refractivity contribution in [2.24, 2.45) is 0 Å². The van der Waals surface area contributed by atoms with E-state index in [2.05, 4.69) is 5.10 Å². The summed E-state index contributed by atoms with van der Waals surface area (Å²) in [5.74, 6) is -0.405. The molecule has 0 atom stereocenters. The number of carbonyl (C=O) groups excluding carboxylic acids is 1. The molecule has 0 bridgehead atoms. The fourth-order valence-corrected chi connectivity index (χ4v) is 1.47. The van der Waals surface area contributed by atoms with Crippen molar-refractivity contribution in [3.05, 3.63) is 30.2 Å². The first-order chi connectivity index (χ1) is 7.88. The average molecular weight is 236 g/mol. The Morgan fingerprint density at radius 2 is 2.12 bits per heavy atom. The van der Waals surface area contributed by atoms with Gasteiger partial charge in [0.25, 0.3) is 0 Å². The van der Waals surface area contributed by atoms with Crippen LogP contribution in [0.2, 0.25) is 0 Å². The average Bonchev–Trinajstić information content (AvgIpc) is 2.60. The first-order valence-corrected chi connectivity index (χ1v) is 5.24. The molecule has 0 aliphatic rings. The minimum absolute atomic E-state index is 0.304. The van der Waals surface area contributed by atoms with E-state index in [1.54, 1.807) is 26.8 Å². The van der Waals surface area contributed by atoms with Crippen molar-refractivity contribution in [3.63, 3.8) is 0 Å². The quantitative estimate of drug-likeness (QED) is 0.706. The van der Waals surface area contributed by atoms with Crippen molar-refractivity contribution < 1.29 is 13.9 Å².